The molecule has 1 N–H and O–H groups in total. The molecule has 0 bridgehead atoms. The molecule has 5 rings (SSSR count). The van der Waals surface area contributed by atoms with Crippen molar-refractivity contribution < 1.29 is 14.6 Å². The molecule has 5 aliphatic rings. The van der Waals surface area contributed by atoms with Gasteiger partial charge in [0.15, 0.2) is 0 Å². The number of ether oxygens (including phenoxy) is 1. The summed E-state index contributed by atoms with van der Waals surface area (Å²) < 4.78 is 5.90. The van der Waals surface area contributed by atoms with Gasteiger partial charge < -0.3 is 9.84 Å². The fourth-order valence-corrected chi connectivity index (χ4v) is 11.3. The van der Waals surface area contributed by atoms with Crippen LogP contribution in [0, 0.1) is 50.7 Å². The fraction of sp³-hybridized carbons (Fsp3) is 0.906. The van der Waals surface area contributed by atoms with Gasteiger partial charge in [-0.3, -0.25) is 4.79 Å². The molecule has 35 heavy (non-hydrogen) atoms. The Labute approximate surface area is 214 Å². The number of allylic oxidation sites excluding steroid dienone is 2. The summed E-state index contributed by atoms with van der Waals surface area (Å²) in [6.07, 6.45) is 14.4. The predicted molar refractivity (Wildman–Crippen MR) is 142 cm³/mol. The van der Waals surface area contributed by atoms with E-state index in [1.165, 1.54) is 44.9 Å². The van der Waals surface area contributed by atoms with E-state index in [2.05, 4.69) is 54.5 Å². The predicted octanol–water partition coefficient (Wildman–Crippen LogP) is 7.71. The van der Waals surface area contributed by atoms with E-state index in [-0.39, 0.29) is 29.0 Å². The lowest BCUT2D eigenvalue weighted by molar-refractivity contribution is -0.191. The van der Waals surface area contributed by atoms with Crippen LogP contribution in [0.15, 0.2) is 11.6 Å². The largest absolute Gasteiger partial charge is 0.462 e. The Hall–Kier alpha value is -0.830. The fourth-order valence-electron chi connectivity index (χ4n) is 11.3. The lowest BCUT2D eigenvalue weighted by Crippen LogP contribution is -2.59. The van der Waals surface area contributed by atoms with Crippen molar-refractivity contribution in [2.24, 2.45) is 50.7 Å². The first-order valence-electron chi connectivity index (χ1n) is 14.7. The van der Waals surface area contributed by atoms with Crippen LogP contribution in [-0.4, -0.2) is 23.3 Å². The van der Waals surface area contributed by atoms with Gasteiger partial charge in [-0.05, 0) is 110 Å². The molecule has 0 aromatic carbocycles. The van der Waals surface area contributed by atoms with Gasteiger partial charge in [0.1, 0.15) is 6.10 Å². The number of fused-ring (bicyclic) bond motifs is 6. The summed E-state index contributed by atoms with van der Waals surface area (Å²) >= 11 is 0. The number of hydrogen-bond donors (Lipinski definition) is 1. The lowest BCUT2D eigenvalue weighted by Gasteiger charge is -2.64. The van der Waals surface area contributed by atoms with Crippen molar-refractivity contribution in [3.63, 3.8) is 0 Å². The molecule has 3 nitrogen and oxygen atoms in total. The van der Waals surface area contributed by atoms with E-state index in [4.69, 9.17) is 4.74 Å². The summed E-state index contributed by atoms with van der Waals surface area (Å²) in [5, 5.41) is 10.9. The molecule has 5 aliphatic carbocycles. The van der Waals surface area contributed by atoms with E-state index in [0.717, 1.165) is 25.2 Å². The quantitative estimate of drug-likeness (QED) is 0.306. The molecule has 3 heteroatoms. The van der Waals surface area contributed by atoms with Crippen LogP contribution in [0.3, 0.4) is 0 Å². The van der Waals surface area contributed by atoms with E-state index >= 15 is 0 Å². The highest BCUT2D eigenvalue weighted by Gasteiger charge is 2.63. The maximum Gasteiger partial charge on any atom is 0.302 e. The molecule has 0 radical (unpaired) electrons. The standard InChI is InChI=1S/C32H52O3/c1-20(33)35-27-15-18-32(8)24(29(27,4)5)13-16-30(6)19-21-9-11-23-28(2,3)26(34)14-17-31(23,7)22(21)10-12-25(30)32/h9,22-27,34H,10-19H2,1-8H3/t22-,23-,24?,25?,26+,27-,30-,31+,32-/m0/s1. The highest BCUT2D eigenvalue weighted by atomic mass is 16.5. The Morgan fingerprint density at radius 3 is 2.20 bits per heavy atom. The molecule has 2 unspecified atom stereocenters. The summed E-state index contributed by atoms with van der Waals surface area (Å²) in [5.41, 5.74) is 2.76. The summed E-state index contributed by atoms with van der Waals surface area (Å²) in [5.74, 6) is 2.44. The number of esters is 1. The van der Waals surface area contributed by atoms with Crippen molar-refractivity contribution in [3.05, 3.63) is 11.6 Å². The van der Waals surface area contributed by atoms with E-state index in [0.29, 0.717) is 34.0 Å². The van der Waals surface area contributed by atoms with E-state index in [9.17, 15) is 9.90 Å². The van der Waals surface area contributed by atoms with Crippen LogP contribution in [0.1, 0.15) is 120 Å². The topological polar surface area (TPSA) is 46.5 Å². The normalized spacial score (nSPS) is 50.4. The van der Waals surface area contributed by atoms with Gasteiger partial charge in [-0.15, -0.1) is 0 Å². The number of aliphatic hydroxyl groups is 1. The molecular weight excluding hydrogens is 432 g/mol. The molecular formula is C32H52O3. The summed E-state index contributed by atoms with van der Waals surface area (Å²) in [6, 6.07) is 0. The third-order valence-corrected chi connectivity index (χ3v) is 13.1. The van der Waals surface area contributed by atoms with Gasteiger partial charge in [-0.25, -0.2) is 0 Å². The number of hydrogen-bond acceptors (Lipinski definition) is 3. The van der Waals surface area contributed by atoms with Gasteiger partial charge in [0.2, 0.25) is 0 Å². The van der Waals surface area contributed by atoms with Crippen molar-refractivity contribution in [2.75, 3.05) is 0 Å². The SMILES string of the molecule is CC(=O)O[C@H]1CC[C@@]2(C)C(CC[C@@]3(C)CC4=CC[C@H]5C(C)(C)[C@H](O)CC[C@]5(C)[C@H]4CCC32)C1(C)C. The molecule has 0 heterocycles. The Kier molecular flexibility index (Phi) is 5.96. The van der Waals surface area contributed by atoms with Gasteiger partial charge in [0.25, 0.3) is 0 Å². The first-order valence-corrected chi connectivity index (χ1v) is 14.7. The highest BCUT2D eigenvalue weighted by molar-refractivity contribution is 5.66. The smallest absolute Gasteiger partial charge is 0.302 e. The summed E-state index contributed by atoms with van der Waals surface area (Å²) in [7, 11) is 0. The second-order valence-electron chi connectivity index (χ2n) is 15.5. The van der Waals surface area contributed by atoms with Crippen molar-refractivity contribution in [3.8, 4) is 0 Å². The molecule has 198 valence electrons. The average molecular weight is 485 g/mol. The van der Waals surface area contributed by atoms with E-state index < -0.39 is 0 Å². The first-order chi connectivity index (χ1) is 16.2. The van der Waals surface area contributed by atoms with Crippen LogP contribution < -0.4 is 0 Å². The summed E-state index contributed by atoms with van der Waals surface area (Å²) in [4.78, 5) is 11.9. The van der Waals surface area contributed by atoms with Crippen LogP contribution in [0.2, 0.25) is 0 Å². The molecule has 0 aliphatic heterocycles. The number of aliphatic hydroxyl groups excluding tert-OH is 1. The molecule has 0 spiro atoms. The molecule has 9 atom stereocenters. The van der Waals surface area contributed by atoms with Crippen LogP contribution in [0.4, 0.5) is 0 Å². The van der Waals surface area contributed by atoms with E-state index in [1.807, 2.05) is 0 Å². The van der Waals surface area contributed by atoms with Gasteiger partial charge >= 0.3 is 5.97 Å². The van der Waals surface area contributed by atoms with Crippen molar-refractivity contribution in [2.45, 2.75) is 132 Å². The van der Waals surface area contributed by atoms with Crippen molar-refractivity contribution >= 4 is 5.97 Å². The van der Waals surface area contributed by atoms with Crippen molar-refractivity contribution in [1.29, 1.82) is 0 Å². The van der Waals surface area contributed by atoms with Crippen LogP contribution >= 0.6 is 0 Å². The highest BCUT2D eigenvalue weighted by Crippen LogP contribution is 2.70. The Bertz CT molecular complexity index is 900. The maximum atomic E-state index is 11.9. The van der Waals surface area contributed by atoms with Crippen LogP contribution in [-0.2, 0) is 9.53 Å². The zero-order chi connectivity index (χ0) is 25.6. The minimum absolute atomic E-state index is 0.00576. The molecule has 0 saturated heterocycles. The Morgan fingerprint density at radius 2 is 1.51 bits per heavy atom. The Balaban J connectivity index is 1.47. The van der Waals surface area contributed by atoms with Gasteiger partial charge in [-0.2, -0.15) is 0 Å². The third kappa shape index (κ3) is 3.63. The van der Waals surface area contributed by atoms with Gasteiger partial charge in [0, 0.05) is 12.3 Å². The first kappa shape index (κ1) is 25.8. The molecule has 0 aromatic rings. The van der Waals surface area contributed by atoms with Crippen LogP contribution in [0.5, 0.6) is 0 Å². The summed E-state index contributed by atoms with van der Waals surface area (Å²) in [6.45, 7) is 18.8. The monoisotopic (exact) mass is 484 g/mol. The average Bonchev–Trinajstić information content (AvgIpc) is 2.90. The zero-order valence-electron chi connectivity index (χ0n) is 23.9. The van der Waals surface area contributed by atoms with Crippen LogP contribution in [0.25, 0.3) is 0 Å². The van der Waals surface area contributed by atoms with Gasteiger partial charge in [-0.1, -0.05) is 60.1 Å². The molecule has 0 amide bonds. The van der Waals surface area contributed by atoms with Gasteiger partial charge in [0.05, 0.1) is 6.10 Å². The maximum absolute atomic E-state index is 11.9. The second kappa shape index (κ2) is 8.08. The molecule has 4 fully saturated rings. The molecule has 4 saturated carbocycles. The zero-order valence-corrected chi connectivity index (χ0v) is 23.9. The number of rotatable bonds is 1. The van der Waals surface area contributed by atoms with E-state index in [1.54, 1.807) is 12.5 Å². The molecule has 0 aromatic heterocycles. The minimum atomic E-state index is -0.171. The minimum Gasteiger partial charge on any atom is -0.462 e. The lowest BCUT2D eigenvalue weighted by atomic mass is 9.42. The Morgan fingerprint density at radius 1 is 0.829 bits per heavy atom. The second-order valence-corrected chi connectivity index (χ2v) is 15.5. The van der Waals surface area contributed by atoms with Crippen molar-refractivity contribution in [1.82, 2.24) is 0 Å². The number of carbonyl (C=O) groups is 1. The third-order valence-electron chi connectivity index (χ3n) is 13.1. The number of carbonyl (C=O) groups excluding carboxylic acids is 1.